The predicted molar refractivity (Wildman–Crippen MR) is 103 cm³/mol. The highest BCUT2D eigenvalue weighted by molar-refractivity contribution is 7.89. The Morgan fingerprint density at radius 2 is 1.64 bits per heavy atom. The third-order valence-electron chi connectivity index (χ3n) is 4.58. The fourth-order valence-corrected chi connectivity index (χ4v) is 4.65. The number of amides is 1. The third kappa shape index (κ3) is 4.16. The molecule has 1 saturated heterocycles. The Hall–Kier alpha value is -2.89. The molecule has 1 aliphatic rings. The van der Waals surface area contributed by atoms with Gasteiger partial charge in [0, 0.05) is 26.2 Å². The number of hydrogen-bond acceptors (Lipinski definition) is 5. The Morgan fingerprint density at radius 3 is 2.29 bits per heavy atom. The summed E-state index contributed by atoms with van der Waals surface area (Å²) in [4.78, 5) is 14.2. The number of hydrogen-bond donors (Lipinski definition) is 0. The van der Waals surface area contributed by atoms with Gasteiger partial charge in [-0.2, -0.15) is 9.57 Å². The molecule has 7 nitrogen and oxygen atoms in total. The molecular formula is C20H21N3O4S. The predicted octanol–water partition coefficient (Wildman–Crippen LogP) is 1.86. The summed E-state index contributed by atoms with van der Waals surface area (Å²) in [5.41, 5.74) is 0.117. The molecule has 2 aromatic rings. The van der Waals surface area contributed by atoms with Crippen molar-refractivity contribution in [2.24, 2.45) is 0 Å². The van der Waals surface area contributed by atoms with Gasteiger partial charge in [-0.1, -0.05) is 30.3 Å². The van der Waals surface area contributed by atoms with Crippen molar-refractivity contribution in [1.29, 1.82) is 5.26 Å². The van der Waals surface area contributed by atoms with E-state index < -0.39 is 16.1 Å². The Bertz CT molecular complexity index is 978. The van der Waals surface area contributed by atoms with Gasteiger partial charge in [0.05, 0.1) is 10.5 Å². The van der Waals surface area contributed by atoms with Crippen molar-refractivity contribution in [3.05, 3.63) is 60.2 Å². The van der Waals surface area contributed by atoms with E-state index in [1.165, 1.54) is 16.4 Å². The van der Waals surface area contributed by atoms with E-state index in [2.05, 4.69) is 0 Å². The normalized spacial score (nSPS) is 16.2. The SMILES string of the molecule is CC(Oc1ccccc1)C(=O)N1CCN(S(=O)(=O)c2ccccc2C#N)CC1. The molecule has 0 bridgehead atoms. The number of nitrogens with zero attached hydrogens (tertiary/aromatic N) is 3. The van der Waals surface area contributed by atoms with Crippen molar-refractivity contribution in [2.45, 2.75) is 17.9 Å². The van der Waals surface area contributed by atoms with Gasteiger partial charge in [0.25, 0.3) is 5.91 Å². The molecule has 2 aromatic carbocycles. The van der Waals surface area contributed by atoms with Crippen LogP contribution >= 0.6 is 0 Å². The third-order valence-corrected chi connectivity index (χ3v) is 6.54. The Kier molecular flexibility index (Phi) is 5.97. The molecule has 0 aliphatic carbocycles. The van der Waals surface area contributed by atoms with Crippen LogP contribution in [-0.2, 0) is 14.8 Å². The minimum absolute atomic E-state index is 0.00180. The molecule has 8 heteroatoms. The maximum Gasteiger partial charge on any atom is 0.263 e. The molecule has 1 unspecified atom stereocenters. The lowest BCUT2D eigenvalue weighted by Crippen LogP contribution is -2.53. The lowest BCUT2D eigenvalue weighted by Gasteiger charge is -2.35. The van der Waals surface area contributed by atoms with Crippen molar-refractivity contribution < 1.29 is 17.9 Å². The van der Waals surface area contributed by atoms with Crippen molar-refractivity contribution in [2.75, 3.05) is 26.2 Å². The topological polar surface area (TPSA) is 90.7 Å². The lowest BCUT2D eigenvalue weighted by molar-refractivity contribution is -0.139. The van der Waals surface area contributed by atoms with Crippen LogP contribution in [0, 0.1) is 11.3 Å². The van der Waals surface area contributed by atoms with E-state index in [9.17, 15) is 18.5 Å². The second-order valence-corrected chi connectivity index (χ2v) is 8.32. The summed E-state index contributed by atoms with van der Waals surface area (Å²) in [6.45, 7) is 2.57. The summed E-state index contributed by atoms with van der Waals surface area (Å²) in [7, 11) is -3.78. The first-order chi connectivity index (χ1) is 13.4. The number of sulfonamides is 1. The number of piperazine rings is 1. The van der Waals surface area contributed by atoms with Crippen LogP contribution in [-0.4, -0.2) is 55.8 Å². The molecule has 1 aliphatic heterocycles. The highest BCUT2D eigenvalue weighted by atomic mass is 32.2. The number of nitriles is 1. The molecule has 0 aromatic heterocycles. The second kappa shape index (κ2) is 8.42. The molecule has 0 spiro atoms. The van der Waals surface area contributed by atoms with Crippen molar-refractivity contribution in [1.82, 2.24) is 9.21 Å². The summed E-state index contributed by atoms with van der Waals surface area (Å²) >= 11 is 0. The van der Waals surface area contributed by atoms with Crippen molar-refractivity contribution in [3.8, 4) is 11.8 Å². The molecule has 0 radical (unpaired) electrons. The van der Waals surface area contributed by atoms with E-state index in [-0.39, 0.29) is 42.5 Å². The van der Waals surface area contributed by atoms with Gasteiger partial charge in [-0.25, -0.2) is 8.42 Å². The molecule has 1 fully saturated rings. The van der Waals surface area contributed by atoms with Gasteiger partial charge >= 0.3 is 0 Å². The van der Waals surface area contributed by atoms with Crippen LogP contribution in [0.3, 0.4) is 0 Å². The summed E-state index contributed by atoms with van der Waals surface area (Å²) in [6, 6.07) is 17.1. The van der Waals surface area contributed by atoms with Crippen LogP contribution in [0.25, 0.3) is 0 Å². The van der Waals surface area contributed by atoms with Crippen molar-refractivity contribution >= 4 is 15.9 Å². The summed E-state index contributed by atoms with van der Waals surface area (Å²) < 4.78 is 32.7. The molecule has 3 rings (SSSR count). The average Bonchev–Trinajstić information content (AvgIpc) is 2.74. The van der Waals surface area contributed by atoms with E-state index in [1.807, 2.05) is 24.3 Å². The Labute approximate surface area is 164 Å². The number of para-hydroxylation sites is 1. The fraction of sp³-hybridized carbons (Fsp3) is 0.300. The standard InChI is InChI=1S/C20H21N3O4S/c1-16(27-18-8-3-2-4-9-18)20(24)22-11-13-23(14-12-22)28(25,26)19-10-6-5-7-17(19)15-21/h2-10,16H,11-14H2,1H3. The minimum atomic E-state index is -3.78. The summed E-state index contributed by atoms with van der Waals surface area (Å²) in [5.74, 6) is 0.427. The lowest BCUT2D eigenvalue weighted by atomic mass is 10.2. The second-order valence-electron chi connectivity index (χ2n) is 6.41. The zero-order valence-corrected chi connectivity index (χ0v) is 16.3. The smallest absolute Gasteiger partial charge is 0.263 e. The Morgan fingerprint density at radius 1 is 1.04 bits per heavy atom. The van der Waals surface area contributed by atoms with Gasteiger partial charge in [-0.15, -0.1) is 0 Å². The van der Waals surface area contributed by atoms with E-state index in [0.29, 0.717) is 5.75 Å². The van der Waals surface area contributed by atoms with E-state index in [0.717, 1.165) is 0 Å². The number of carbonyl (C=O) groups is 1. The van der Waals surface area contributed by atoms with Crippen molar-refractivity contribution in [3.63, 3.8) is 0 Å². The first-order valence-electron chi connectivity index (χ1n) is 8.93. The average molecular weight is 399 g/mol. The highest BCUT2D eigenvalue weighted by Crippen LogP contribution is 2.21. The highest BCUT2D eigenvalue weighted by Gasteiger charge is 2.33. The summed E-state index contributed by atoms with van der Waals surface area (Å²) in [6.07, 6.45) is -0.662. The zero-order chi connectivity index (χ0) is 20.1. The first kappa shape index (κ1) is 19.9. The summed E-state index contributed by atoms with van der Waals surface area (Å²) in [5, 5.41) is 9.18. The van der Waals surface area contributed by atoms with Gasteiger partial charge in [-0.05, 0) is 31.2 Å². The molecule has 0 saturated carbocycles. The van der Waals surface area contributed by atoms with Crippen LogP contribution in [0.2, 0.25) is 0 Å². The Balaban J connectivity index is 1.64. The largest absolute Gasteiger partial charge is 0.481 e. The van der Waals surface area contributed by atoms with Gasteiger partial charge in [0.2, 0.25) is 10.0 Å². The fourth-order valence-electron chi connectivity index (χ4n) is 3.08. The van der Waals surface area contributed by atoms with Crippen LogP contribution < -0.4 is 4.74 Å². The quantitative estimate of drug-likeness (QED) is 0.765. The van der Waals surface area contributed by atoms with E-state index in [1.54, 1.807) is 36.1 Å². The number of carbonyl (C=O) groups excluding carboxylic acids is 1. The van der Waals surface area contributed by atoms with Gasteiger partial charge in [-0.3, -0.25) is 4.79 Å². The first-order valence-corrected chi connectivity index (χ1v) is 10.4. The molecule has 1 amide bonds. The maximum absolute atomic E-state index is 12.9. The number of rotatable bonds is 5. The van der Waals surface area contributed by atoms with Crippen LogP contribution in [0.1, 0.15) is 12.5 Å². The minimum Gasteiger partial charge on any atom is -0.481 e. The number of benzene rings is 2. The molecular weight excluding hydrogens is 378 g/mol. The zero-order valence-electron chi connectivity index (χ0n) is 15.5. The van der Waals surface area contributed by atoms with Gasteiger partial charge < -0.3 is 9.64 Å². The molecule has 146 valence electrons. The molecule has 1 atom stereocenters. The number of ether oxygens (including phenoxy) is 1. The molecule has 0 N–H and O–H groups in total. The van der Waals surface area contributed by atoms with Crippen LogP contribution in [0.15, 0.2) is 59.5 Å². The monoisotopic (exact) mass is 399 g/mol. The van der Waals surface area contributed by atoms with Gasteiger partial charge in [0.15, 0.2) is 6.10 Å². The van der Waals surface area contributed by atoms with Gasteiger partial charge in [0.1, 0.15) is 11.8 Å². The van der Waals surface area contributed by atoms with Crippen LogP contribution in [0.5, 0.6) is 5.75 Å². The molecule has 28 heavy (non-hydrogen) atoms. The van der Waals surface area contributed by atoms with E-state index in [4.69, 9.17) is 4.74 Å². The van der Waals surface area contributed by atoms with E-state index >= 15 is 0 Å². The molecule has 1 heterocycles. The maximum atomic E-state index is 12.9. The van der Waals surface area contributed by atoms with Crippen LogP contribution in [0.4, 0.5) is 0 Å².